The summed E-state index contributed by atoms with van der Waals surface area (Å²) >= 11 is 0. The van der Waals surface area contributed by atoms with Gasteiger partial charge in [-0.15, -0.1) is 0 Å². The molecule has 0 amide bonds. The number of unbranched alkanes of at least 4 members (excludes halogenated alkanes) is 12. The van der Waals surface area contributed by atoms with Crippen molar-refractivity contribution in [2.45, 2.75) is 103 Å². The van der Waals surface area contributed by atoms with Crippen LogP contribution in [0.4, 0.5) is 0 Å². The molecule has 0 aromatic heterocycles. The van der Waals surface area contributed by atoms with Gasteiger partial charge in [0.2, 0.25) is 0 Å². The molecule has 1 atom stereocenters. The van der Waals surface area contributed by atoms with E-state index in [1.807, 2.05) is 0 Å². The van der Waals surface area contributed by atoms with Gasteiger partial charge in [-0.2, -0.15) is 0 Å². The Morgan fingerprint density at radius 3 is 1.38 bits per heavy atom. The van der Waals surface area contributed by atoms with Crippen LogP contribution in [0.2, 0.25) is 0 Å². The summed E-state index contributed by atoms with van der Waals surface area (Å²) in [5, 5.41) is 9.20. The Kier molecular flexibility index (Phi) is 13.8. The van der Waals surface area contributed by atoms with Crippen molar-refractivity contribution in [3.05, 3.63) is 0 Å². The maximum atomic E-state index is 10.7. The Hall–Kier alpha value is 0.110. The highest BCUT2D eigenvalue weighted by Gasteiger charge is 2.24. The first kappa shape index (κ1) is 21.1. The monoisotopic (exact) mass is 322 g/mol. The summed E-state index contributed by atoms with van der Waals surface area (Å²) in [7, 11) is -4.29. The zero-order valence-electron chi connectivity index (χ0n) is 13.7. The van der Waals surface area contributed by atoms with Crippen molar-refractivity contribution in [3.63, 3.8) is 0 Å². The summed E-state index contributed by atoms with van der Waals surface area (Å²) in [5.41, 5.74) is 0. The van der Waals surface area contributed by atoms with Crippen molar-refractivity contribution in [1.29, 1.82) is 0 Å². The highest BCUT2D eigenvalue weighted by atomic mass is 31.2. The predicted molar refractivity (Wildman–Crippen MR) is 88.4 cm³/mol. The molecule has 0 aromatic carbocycles. The first-order valence-electron chi connectivity index (χ1n) is 8.71. The van der Waals surface area contributed by atoms with Crippen molar-refractivity contribution >= 4 is 7.60 Å². The number of aliphatic hydroxyl groups excluding tert-OH is 1. The summed E-state index contributed by atoms with van der Waals surface area (Å²) in [6, 6.07) is 0. The fraction of sp³-hybridized carbons (Fsp3) is 1.00. The van der Waals surface area contributed by atoms with E-state index in [0.29, 0.717) is 6.42 Å². The van der Waals surface area contributed by atoms with Crippen molar-refractivity contribution < 1.29 is 19.5 Å². The molecule has 0 aromatic rings. The van der Waals surface area contributed by atoms with Gasteiger partial charge in [0, 0.05) is 0 Å². The van der Waals surface area contributed by atoms with Crippen LogP contribution in [0.3, 0.4) is 0 Å². The molecule has 0 bridgehead atoms. The third-order valence-electron chi connectivity index (χ3n) is 3.95. The smallest absolute Gasteiger partial charge is 0.353 e. The lowest BCUT2D eigenvalue weighted by atomic mass is 10.0. The third kappa shape index (κ3) is 14.8. The summed E-state index contributed by atoms with van der Waals surface area (Å²) in [4.78, 5) is 17.5. The minimum atomic E-state index is -4.29. The lowest BCUT2D eigenvalue weighted by Crippen LogP contribution is -2.06. The highest BCUT2D eigenvalue weighted by molar-refractivity contribution is 7.52. The van der Waals surface area contributed by atoms with Crippen LogP contribution in [-0.4, -0.2) is 20.7 Å². The van der Waals surface area contributed by atoms with Crippen LogP contribution in [0.5, 0.6) is 0 Å². The molecular weight excluding hydrogens is 287 g/mol. The molecular formula is C16H35O4P. The summed E-state index contributed by atoms with van der Waals surface area (Å²) < 4.78 is 10.7. The Labute approximate surface area is 130 Å². The van der Waals surface area contributed by atoms with Crippen molar-refractivity contribution in [2.24, 2.45) is 0 Å². The molecule has 0 saturated carbocycles. The Balaban J connectivity index is 3.14. The van der Waals surface area contributed by atoms with E-state index < -0.39 is 13.4 Å². The maximum Gasteiger partial charge on any atom is 0.353 e. The van der Waals surface area contributed by atoms with Crippen LogP contribution < -0.4 is 0 Å². The lowest BCUT2D eigenvalue weighted by Gasteiger charge is -2.11. The van der Waals surface area contributed by atoms with E-state index in [1.165, 1.54) is 64.2 Å². The molecule has 0 saturated heterocycles. The highest BCUT2D eigenvalue weighted by Crippen LogP contribution is 2.41. The predicted octanol–water partition coefficient (Wildman–Crippen LogP) is 4.96. The van der Waals surface area contributed by atoms with Gasteiger partial charge in [0.1, 0.15) is 0 Å². The lowest BCUT2D eigenvalue weighted by molar-refractivity contribution is 0.190. The van der Waals surface area contributed by atoms with Crippen LogP contribution in [0.1, 0.15) is 96.8 Å². The second-order valence-electron chi connectivity index (χ2n) is 6.10. The fourth-order valence-corrected chi connectivity index (χ4v) is 3.03. The van der Waals surface area contributed by atoms with Gasteiger partial charge in [0.25, 0.3) is 0 Å². The van der Waals surface area contributed by atoms with E-state index in [4.69, 9.17) is 9.79 Å². The number of hydrogen-bond acceptors (Lipinski definition) is 2. The average molecular weight is 322 g/mol. The van der Waals surface area contributed by atoms with E-state index >= 15 is 0 Å². The largest absolute Gasteiger partial charge is 0.380 e. The molecule has 0 rings (SSSR count). The van der Waals surface area contributed by atoms with Crippen molar-refractivity contribution in [3.8, 4) is 0 Å². The molecule has 0 spiro atoms. The normalized spacial score (nSPS) is 13.5. The molecule has 1 unspecified atom stereocenters. The second-order valence-corrected chi connectivity index (χ2v) is 7.88. The standard InChI is InChI=1S/C16H35O4P/c1-2-3-4-5-6-7-8-9-10-11-12-13-14-15-16(17)21(18,19)20/h16-17H,2-15H2,1H3,(H2,18,19,20). The van der Waals surface area contributed by atoms with Crippen LogP contribution in [-0.2, 0) is 4.57 Å². The molecule has 5 heteroatoms. The SMILES string of the molecule is CCCCCCCCCCCCCCCC(O)P(=O)(O)O. The second kappa shape index (κ2) is 13.8. The van der Waals surface area contributed by atoms with Crippen molar-refractivity contribution in [1.82, 2.24) is 0 Å². The minimum Gasteiger partial charge on any atom is -0.380 e. The number of aliphatic hydroxyl groups is 1. The molecule has 21 heavy (non-hydrogen) atoms. The van der Waals surface area contributed by atoms with Gasteiger partial charge in [0.05, 0.1) is 0 Å². The molecule has 3 N–H and O–H groups in total. The Bertz CT molecular complexity index is 265. The maximum absolute atomic E-state index is 10.7. The van der Waals surface area contributed by atoms with Gasteiger partial charge in [-0.3, -0.25) is 4.57 Å². The van der Waals surface area contributed by atoms with Gasteiger partial charge < -0.3 is 14.9 Å². The summed E-state index contributed by atoms with van der Waals surface area (Å²) in [5.74, 6) is -1.47. The van der Waals surface area contributed by atoms with E-state index in [-0.39, 0.29) is 6.42 Å². The van der Waals surface area contributed by atoms with Crippen molar-refractivity contribution in [2.75, 3.05) is 0 Å². The van der Waals surface area contributed by atoms with E-state index in [0.717, 1.165) is 12.8 Å². The molecule has 4 nitrogen and oxygen atoms in total. The van der Waals surface area contributed by atoms with Crippen LogP contribution in [0.15, 0.2) is 0 Å². The number of hydrogen-bond donors (Lipinski definition) is 3. The van der Waals surface area contributed by atoms with Gasteiger partial charge in [-0.05, 0) is 6.42 Å². The number of rotatable bonds is 15. The van der Waals surface area contributed by atoms with Crippen LogP contribution in [0.25, 0.3) is 0 Å². The molecule has 0 radical (unpaired) electrons. The minimum absolute atomic E-state index is 0.210. The Morgan fingerprint density at radius 1 is 0.714 bits per heavy atom. The third-order valence-corrected chi connectivity index (χ3v) is 4.99. The fourth-order valence-electron chi connectivity index (χ4n) is 2.51. The average Bonchev–Trinajstić information content (AvgIpc) is 2.42. The molecule has 128 valence electrons. The molecule has 0 heterocycles. The quantitative estimate of drug-likeness (QED) is 0.294. The van der Waals surface area contributed by atoms with Gasteiger partial charge in [-0.25, -0.2) is 0 Å². The molecule has 0 aliphatic rings. The molecule has 0 aliphatic carbocycles. The molecule has 0 aliphatic heterocycles. The van der Waals surface area contributed by atoms with Gasteiger partial charge in [0.15, 0.2) is 5.85 Å². The summed E-state index contributed by atoms with van der Waals surface area (Å²) in [6.07, 6.45) is 16.2. The van der Waals surface area contributed by atoms with E-state index in [9.17, 15) is 9.67 Å². The first-order valence-corrected chi connectivity index (χ1v) is 10.4. The van der Waals surface area contributed by atoms with E-state index in [2.05, 4.69) is 6.92 Å². The van der Waals surface area contributed by atoms with Crippen LogP contribution >= 0.6 is 7.60 Å². The van der Waals surface area contributed by atoms with E-state index in [1.54, 1.807) is 0 Å². The first-order chi connectivity index (χ1) is 9.98. The van der Waals surface area contributed by atoms with Gasteiger partial charge >= 0.3 is 7.60 Å². The summed E-state index contributed by atoms with van der Waals surface area (Å²) in [6.45, 7) is 2.24. The Morgan fingerprint density at radius 2 is 1.05 bits per heavy atom. The zero-order valence-corrected chi connectivity index (χ0v) is 14.6. The topological polar surface area (TPSA) is 77.8 Å². The molecule has 0 fully saturated rings. The zero-order chi connectivity index (χ0) is 16.0. The van der Waals surface area contributed by atoms with Crippen LogP contribution in [0, 0.1) is 0 Å². The van der Waals surface area contributed by atoms with Gasteiger partial charge in [-0.1, -0.05) is 90.4 Å².